The Morgan fingerprint density at radius 1 is 1.35 bits per heavy atom. The summed E-state index contributed by atoms with van der Waals surface area (Å²) in [5.41, 5.74) is 4.61. The van der Waals surface area contributed by atoms with E-state index in [0.29, 0.717) is 0 Å². The van der Waals surface area contributed by atoms with Crippen molar-refractivity contribution in [1.29, 1.82) is 0 Å². The molecule has 0 amide bonds. The predicted octanol–water partition coefficient (Wildman–Crippen LogP) is 3.69. The van der Waals surface area contributed by atoms with E-state index in [9.17, 15) is 0 Å². The van der Waals surface area contributed by atoms with Crippen molar-refractivity contribution in [1.82, 2.24) is 4.98 Å². The molecule has 0 N–H and O–H groups in total. The van der Waals surface area contributed by atoms with Gasteiger partial charge in [-0.1, -0.05) is 32.6 Å². The molecule has 0 aliphatic rings. The molecule has 0 aliphatic carbocycles. The molecule has 92 valence electrons. The van der Waals surface area contributed by atoms with Gasteiger partial charge in [-0.05, 0) is 30.5 Å². The lowest BCUT2D eigenvalue weighted by Crippen LogP contribution is -2.12. The third kappa shape index (κ3) is 3.19. The summed E-state index contributed by atoms with van der Waals surface area (Å²) in [6.07, 6.45) is 5.81. The number of rotatable bonds is 5. The van der Waals surface area contributed by atoms with Gasteiger partial charge in [0.15, 0.2) is 0 Å². The third-order valence-electron chi connectivity index (χ3n) is 2.78. The summed E-state index contributed by atoms with van der Waals surface area (Å²) in [5, 5.41) is 0. The van der Waals surface area contributed by atoms with Crippen LogP contribution >= 0.6 is 0 Å². The van der Waals surface area contributed by atoms with Crippen LogP contribution in [0.1, 0.15) is 31.7 Å². The minimum atomic E-state index is 0.964. The van der Waals surface area contributed by atoms with Gasteiger partial charge in [0.2, 0.25) is 0 Å². The highest BCUT2D eigenvalue weighted by molar-refractivity contribution is 5.74. The number of aromatic nitrogens is 1. The van der Waals surface area contributed by atoms with Crippen LogP contribution in [0.25, 0.3) is 5.57 Å². The highest BCUT2D eigenvalue weighted by Crippen LogP contribution is 2.26. The van der Waals surface area contributed by atoms with Crippen LogP contribution in [0.4, 0.5) is 5.69 Å². The number of anilines is 1. The lowest BCUT2D eigenvalue weighted by atomic mass is 10.1. The van der Waals surface area contributed by atoms with E-state index >= 15 is 0 Å². The fourth-order valence-electron chi connectivity index (χ4n) is 1.79. The Balaban J connectivity index is 3.34. The summed E-state index contributed by atoms with van der Waals surface area (Å²) < 4.78 is 0. The summed E-state index contributed by atoms with van der Waals surface area (Å²) in [5.74, 6) is 0. The number of allylic oxidation sites excluding steroid dienone is 3. The zero-order valence-corrected chi connectivity index (χ0v) is 11.3. The van der Waals surface area contributed by atoms with Crippen molar-refractivity contribution in [3.05, 3.63) is 42.3 Å². The average molecular weight is 230 g/mol. The lowest BCUT2D eigenvalue weighted by molar-refractivity contribution is 0.996. The molecule has 2 heteroatoms. The van der Waals surface area contributed by atoms with E-state index in [1.54, 1.807) is 0 Å². The van der Waals surface area contributed by atoms with Crippen molar-refractivity contribution in [2.45, 2.75) is 26.7 Å². The fraction of sp³-hybridized carbons (Fsp3) is 0.400. The second-order valence-electron chi connectivity index (χ2n) is 4.20. The molecular weight excluding hydrogens is 208 g/mol. The van der Waals surface area contributed by atoms with E-state index in [1.807, 2.05) is 20.2 Å². The number of nitrogens with zero attached hydrogens (tertiary/aromatic N) is 2. The Bertz CT molecular complexity index is 417. The molecule has 2 nitrogen and oxygen atoms in total. The lowest BCUT2D eigenvalue weighted by Gasteiger charge is -2.18. The third-order valence-corrected chi connectivity index (χ3v) is 2.78. The molecule has 1 aromatic heterocycles. The van der Waals surface area contributed by atoms with E-state index in [1.165, 1.54) is 5.57 Å². The van der Waals surface area contributed by atoms with Gasteiger partial charge >= 0.3 is 0 Å². The first-order valence-electron chi connectivity index (χ1n) is 6.13. The summed E-state index contributed by atoms with van der Waals surface area (Å²) in [6.45, 7) is 8.05. The maximum Gasteiger partial charge on any atom is 0.0897 e. The molecule has 0 aromatic carbocycles. The Hall–Kier alpha value is -1.57. The summed E-state index contributed by atoms with van der Waals surface area (Å²) in [4.78, 5) is 6.85. The quantitative estimate of drug-likeness (QED) is 0.717. The Morgan fingerprint density at radius 2 is 2.06 bits per heavy atom. The molecule has 0 saturated carbocycles. The van der Waals surface area contributed by atoms with Crippen LogP contribution in [0.5, 0.6) is 0 Å². The van der Waals surface area contributed by atoms with Crippen LogP contribution in [0.2, 0.25) is 0 Å². The standard InChI is InChI=1S/C15H22N2/c1-6-9-12(7-2)15-14(17(4)5)11-10-13(8-3)16-15/h6,9-11H,1,7-8H2,2-5H3/b12-9-. The highest BCUT2D eigenvalue weighted by atomic mass is 15.1. The van der Waals surface area contributed by atoms with E-state index in [-0.39, 0.29) is 0 Å². The first-order chi connectivity index (χ1) is 8.13. The molecule has 0 atom stereocenters. The number of aryl methyl sites for hydroxylation is 1. The molecule has 17 heavy (non-hydrogen) atoms. The van der Waals surface area contributed by atoms with E-state index in [0.717, 1.165) is 29.9 Å². The zero-order valence-electron chi connectivity index (χ0n) is 11.3. The molecule has 0 fully saturated rings. The largest absolute Gasteiger partial charge is 0.376 e. The van der Waals surface area contributed by atoms with Crippen LogP contribution in [-0.2, 0) is 6.42 Å². The van der Waals surface area contributed by atoms with Gasteiger partial charge in [0.1, 0.15) is 0 Å². The second-order valence-corrected chi connectivity index (χ2v) is 4.20. The normalized spacial score (nSPS) is 11.4. The fourth-order valence-corrected chi connectivity index (χ4v) is 1.79. The zero-order chi connectivity index (χ0) is 12.8. The number of hydrogen-bond acceptors (Lipinski definition) is 2. The van der Waals surface area contributed by atoms with Crippen molar-refractivity contribution in [2.24, 2.45) is 0 Å². The first-order valence-corrected chi connectivity index (χ1v) is 6.13. The molecule has 1 heterocycles. The van der Waals surface area contributed by atoms with Crippen molar-refractivity contribution in [2.75, 3.05) is 19.0 Å². The second kappa shape index (κ2) is 6.24. The average Bonchev–Trinajstić information content (AvgIpc) is 2.35. The molecule has 0 unspecified atom stereocenters. The first kappa shape index (κ1) is 13.5. The molecule has 0 spiro atoms. The Labute approximate surface area is 105 Å². The van der Waals surface area contributed by atoms with Gasteiger partial charge in [0, 0.05) is 19.8 Å². The maximum atomic E-state index is 4.74. The molecule has 0 saturated heterocycles. The molecule has 0 radical (unpaired) electrons. The van der Waals surface area contributed by atoms with Gasteiger partial charge in [-0.25, -0.2) is 0 Å². The van der Waals surface area contributed by atoms with Gasteiger partial charge in [-0.15, -0.1) is 0 Å². The van der Waals surface area contributed by atoms with Crippen LogP contribution < -0.4 is 4.90 Å². The SMILES string of the molecule is C=C/C=C(/CC)c1nc(CC)ccc1N(C)C. The minimum absolute atomic E-state index is 0.964. The smallest absolute Gasteiger partial charge is 0.0897 e. The molecule has 0 aliphatic heterocycles. The highest BCUT2D eigenvalue weighted by Gasteiger charge is 2.10. The topological polar surface area (TPSA) is 16.1 Å². The van der Waals surface area contributed by atoms with Gasteiger partial charge < -0.3 is 4.90 Å². The van der Waals surface area contributed by atoms with Crippen molar-refractivity contribution in [3.63, 3.8) is 0 Å². The monoisotopic (exact) mass is 230 g/mol. The van der Waals surface area contributed by atoms with Gasteiger partial charge in [0.05, 0.1) is 11.4 Å². The Kier molecular flexibility index (Phi) is 4.95. The van der Waals surface area contributed by atoms with Crippen molar-refractivity contribution >= 4 is 11.3 Å². The van der Waals surface area contributed by atoms with Crippen LogP contribution in [0.15, 0.2) is 30.9 Å². The van der Waals surface area contributed by atoms with Crippen LogP contribution in [-0.4, -0.2) is 19.1 Å². The van der Waals surface area contributed by atoms with Crippen LogP contribution in [0, 0.1) is 0 Å². The van der Waals surface area contributed by atoms with Crippen LogP contribution in [0.3, 0.4) is 0 Å². The molecule has 1 rings (SSSR count). The minimum Gasteiger partial charge on any atom is -0.376 e. The summed E-state index contributed by atoms with van der Waals surface area (Å²) in [7, 11) is 4.10. The number of pyridine rings is 1. The van der Waals surface area contributed by atoms with Crippen molar-refractivity contribution in [3.8, 4) is 0 Å². The summed E-state index contributed by atoms with van der Waals surface area (Å²) in [6, 6.07) is 4.24. The summed E-state index contributed by atoms with van der Waals surface area (Å²) >= 11 is 0. The van der Waals surface area contributed by atoms with Gasteiger partial charge in [-0.3, -0.25) is 4.98 Å². The van der Waals surface area contributed by atoms with E-state index in [4.69, 9.17) is 4.98 Å². The maximum absolute atomic E-state index is 4.74. The molecule has 0 bridgehead atoms. The molecular formula is C15H22N2. The Morgan fingerprint density at radius 3 is 2.53 bits per heavy atom. The number of hydrogen-bond donors (Lipinski definition) is 0. The predicted molar refractivity (Wildman–Crippen MR) is 76.4 cm³/mol. The van der Waals surface area contributed by atoms with E-state index in [2.05, 4.69) is 43.5 Å². The molecule has 1 aromatic rings. The van der Waals surface area contributed by atoms with E-state index < -0.39 is 0 Å². The van der Waals surface area contributed by atoms with Gasteiger partial charge in [-0.2, -0.15) is 0 Å². The van der Waals surface area contributed by atoms with Crippen molar-refractivity contribution < 1.29 is 0 Å². The van der Waals surface area contributed by atoms with Gasteiger partial charge in [0.25, 0.3) is 0 Å².